The molecule has 1 aliphatic heterocycles. The molecule has 0 amide bonds. The molecule has 20 heavy (non-hydrogen) atoms. The molecule has 110 valence electrons. The smallest absolute Gasteiger partial charge is 0.344 e. The van der Waals surface area contributed by atoms with Crippen LogP contribution in [-0.4, -0.2) is 52.0 Å². The summed E-state index contributed by atoms with van der Waals surface area (Å²) in [6, 6.07) is 7.33. The molecule has 0 saturated carbocycles. The number of esters is 1. The van der Waals surface area contributed by atoms with Gasteiger partial charge in [-0.1, -0.05) is 15.9 Å². The van der Waals surface area contributed by atoms with Crippen molar-refractivity contribution in [1.29, 1.82) is 0 Å². The molecular weight excluding hydrogens is 326 g/mol. The molecule has 1 saturated heterocycles. The lowest BCUT2D eigenvalue weighted by molar-refractivity contribution is -0.908. The maximum atomic E-state index is 11.5. The maximum absolute atomic E-state index is 11.5. The van der Waals surface area contributed by atoms with Crippen LogP contribution in [0.5, 0.6) is 5.75 Å². The van der Waals surface area contributed by atoms with Crippen LogP contribution in [0.4, 0.5) is 0 Å². The molecule has 0 spiro atoms. The Labute approximate surface area is 126 Å². The molecular formula is C14H19BrNO4+. The van der Waals surface area contributed by atoms with E-state index in [0.29, 0.717) is 12.4 Å². The second-order valence-corrected chi connectivity index (χ2v) is 5.49. The first-order valence-corrected chi connectivity index (χ1v) is 7.48. The highest BCUT2D eigenvalue weighted by atomic mass is 79.9. The van der Waals surface area contributed by atoms with E-state index >= 15 is 0 Å². The average Bonchev–Trinajstić information content (AvgIpc) is 2.48. The molecule has 2 rings (SSSR count). The quantitative estimate of drug-likeness (QED) is 0.753. The number of carbonyl (C=O) groups is 1. The Morgan fingerprint density at radius 3 is 2.65 bits per heavy atom. The van der Waals surface area contributed by atoms with E-state index in [2.05, 4.69) is 15.9 Å². The number of rotatable bonds is 6. The van der Waals surface area contributed by atoms with Crippen molar-refractivity contribution in [2.24, 2.45) is 0 Å². The molecule has 6 heteroatoms. The minimum atomic E-state index is -0.333. The number of quaternary nitrogens is 1. The standard InChI is InChI=1S/C14H18BrNO4/c15-12-1-3-13(4-2-12)20-11-14(17)19-10-7-16-5-8-18-9-6-16/h1-4H,5-11H2/p+1. The lowest BCUT2D eigenvalue weighted by Crippen LogP contribution is -3.14. The zero-order chi connectivity index (χ0) is 14.2. The first-order valence-electron chi connectivity index (χ1n) is 6.69. The molecule has 5 nitrogen and oxygen atoms in total. The molecule has 1 aliphatic rings. The number of ether oxygens (including phenoxy) is 3. The van der Waals surface area contributed by atoms with Gasteiger partial charge in [-0.25, -0.2) is 4.79 Å². The Bertz CT molecular complexity index is 418. The molecule has 1 fully saturated rings. The van der Waals surface area contributed by atoms with Crippen molar-refractivity contribution in [3.05, 3.63) is 28.7 Å². The number of benzene rings is 1. The molecule has 1 aromatic carbocycles. The lowest BCUT2D eigenvalue weighted by atomic mass is 10.3. The fourth-order valence-corrected chi connectivity index (χ4v) is 2.20. The van der Waals surface area contributed by atoms with Crippen molar-refractivity contribution in [3.8, 4) is 5.75 Å². The Morgan fingerprint density at radius 2 is 1.95 bits per heavy atom. The summed E-state index contributed by atoms with van der Waals surface area (Å²) in [6.07, 6.45) is 0. The highest BCUT2D eigenvalue weighted by molar-refractivity contribution is 9.10. The third-order valence-electron chi connectivity index (χ3n) is 3.09. The van der Waals surface area contributed by atoms with Crippen LogP contribution in [0.3, 0.4) is 0 Å². The van der Waals surface area contributed by atoms with Crippen molar-refractivity contribution < 1.29 is 23.9 Å². The maximum Gasteiger partial charge on any atom is 0.344 e. The van der Waals surface area contributed by atoms with Crippen LogP contribution in [0, 0.1) is 0 Å². The predicted octanol–water partition coefficient (Wildman–Crippen LogP) is 0.286. The molecule has 1 N–H and O–H groups in total. The van der Waals surface area contributed by atoms with Gasteiger partial charge in [0.15, 0.2) is 6.61 Å². The molecule has 0 aliphatic carbocycles. The van der Waals surface area contributed by atoms with E-state index < -0.39 is 0 Å². The monoisotopic (exact) mass is 344 g/mol. The SMILES string of the molecule is O=C(COc1ccc(Br)cc1)OCC[NH+]1CCOCC1. The van der Waals surface area contributed by atoms with Gasteiger partial charge in [-0.15, -0.1) is 0 Å². The van der Waals surface area contributed by atoms with Gasteiger partial charge in [0.2, 0.25) is 0 Å². The summed E-state index contributed by atoms with van der Waals surface area (Å²) in [6.45, 7) is 4.73. The van der Waals surface area contributed by atoms with Crippen LogP contribution in [-0.2, 0) is 14.3 Å². The number of hydrogen-bond donors (Lipinski definition) is 1. The van der Waals surface area contributed by atoms with Gasteiger partial charge in [0.25, 0.3) is 0 Å². The zero-order valence-corrected chi connectivity index (χ0v) is 12.9. The van der Waals surface area contributed by atoms with Gasteiger partial charge in [0.1, 0.15) is 32.0 Å². The molecule has 0 atom stereocenters. The van der Waals surface area contributed by atoms with Crippen LogP contribution in [0.15, 0.2) is 28.7 Å². The average molecular weight is 345 g/mol. The molecule has 1 aromatic rings. The summed E-state index contributed by atoms with van der Waals surface area (Å²) in [5.41, 5.74) is 0. The molecule has 0 aromatic heterocycles. The summed E-state index contributed by atoms with van der Waals surface area (Å²) < 4.78 is 16.7. The van der Waals surface area contributed by atoms with Gasteiger partial charge >= 0.3 is 5.97 Å². The second kappa shape index (κ2) is 8.24. The summed E-state index contributed by atoms with van der Waals surface area (Å²) in [5.74, 6) is 0.324. The number of nitrogens with one attached hydrogen (secondary N) is 1. The second-order valence-electron chi connectivity index (χ2n) is 4.58. The van der Waals surface area contributed by atoms with Crippen LogP contribution < -0.4 is 9.64 Å². The summed E-state index contributed by atoms with van der Waals surface area (Å²) in [5, 5.41) is 0. The number of morpholine rings is 1. The van der Waals surface area contributed by atoms with Crippen molar-refractivity contribution in [2.45, 2.75) is 0 Å². The fraction of sp³-hybridized carbons (Fsp3) is 0.500. The van der Waals surface area contributed by atoms with Gasteiger partial charge in [0.05, 0.1) is 13.2 Å². The first kappa shape index (κ1) is 15.3. The topological polar surface area (TPSA) is 49.2 Å². The lowest BCUT2D eigenvalue weighted by Gasteiger charge is -2.23. The first-order chi connectivity index (χ1) is 9.74. The van der Waals surface area contributed by atoms with E-state index in [1.807, 2.05) is 12.1 Å². The van der Waals surface area contributed by atoms with Crippen molar-refractivity contribution in [3.63, 3.8) is 0 Å². The predicted molar refractivity (Wildman–Crippen MR) is 77.0 cm³/mol. The molecule has 1 heterocycles. The number of carbonyl (C=O) groups excluding carboxylic acids is 1. The van der Waals surface area contributed by atoms with Gasteiger partial charge < -0.3 is 19.1 Å². The van der Waals surface area contributed by atoms with E-state index in [4.69, 9.17) is 14.2 Å². The zero-order valence-electron chi connectivity index (χ0n) is 11.3. The summed E-state index contributed by atoms with van der Waals surface area (Å²) >= 11 is 3.34. The van der Waals surface area contributed by atoms with Crippen molar-refractivity contribution in [1.82, 2.24) is 0 Å². The van der Waals surface area contributed by atoms with Crippen LogP contribution in [0.25, 0.3) is 0 Å². The fourth-order valence-electron chi connectivity index (χ4n) is 1.93. The van der Waals surface area contributed by atoms with E-state index in [-0.39, 0.29) is 12.6 Å². The van der Waals surface area contributed by atoms with E-state index in [1.54, 1.807) is 12.1 Å². The summed E-state index contributed by atoms with van der Waals surface area (Å²) in [4.78, 5) is 12.9. The Morgan fingerprint density at radius 1 is 1.25 bits per heavy atom. The minimum Gasteiger partial charge on any atom is -0.482 e. The normalized spacial score (nSPS) is 15.8. The van der Waals surface area contributed by atoms with E-state index in [1.165, 1.54) is 4.90 Å². The Hall–Kier alpha value is -1.11. The third kappa shape index (κ3) is 5.48. The van der Waals surface area contributed by atoms with Crippen LogP contribution in [0.2, 0.25) is 0 Å². The Kier molecular flexibility index (Phi) is 6.29. The van der Waals surface area contributed by atoms with Crippen LogP contribution >= 0.6 is 15.9 Å². The molecule has 0 unspecified atom stereocenters. The van der Waals surface area contributed by atoms with Crippen LogP contribution in [0.1, 0.15) is 0 Å². The minimum absolute atomic E-state index is 0.0555. The number of halogens is 1. The van der Waals surface area contributed by atoms with E-state index in [0.717, 1.165) is 37.3 Å². The van der Waals surface area contributed by atoms with Crippen molar-refractivity contribution in [2.75, 3.05) is 46.1 Å². The third-order valence-corrected chi connectivity index (χ3v) is 3.62. The Balaban J connectivity index is 1.59. The van der Waals surface area contributed by atoms with Gasteiger partial charge in [0, 0.05) is 4.47 Å². The highest BCUT2D eigenvalue weighted by Crippen LogP contribution is 2.15. The van der Waals surface area contributed by atoms with E-state index in [9.17, 15) is 4.79 Å². The van der Waals surface area contributed by atoms with Gasteiger partial charge in [-0.2, -0.15) is 0 Å². The molecule has 0 radical (unpaired) electrons. The summed E-state index contributed by atoms with van der Waals surface area (Å²) in [7, 11) is 0. The van der Waals surface area contributed by atoms with Crippen molar-refractivity contribution >= 4 is 21.9 Å². The largest absolute Gasteiger partial charge is 0.482 e. The van der Waals surface area contributed by atoms with Gasteiger partial charge in [-0.05, 0) is 24.3 Å². The highest BCUT2D eigenvalue weighted by Gasteiger charge is 2.14. The molecule has 0 bridgehead atoms. The number of hydrogen-bond acceptors (Lipinski definition) is 4. The van der Waals surface area contributed by atoms with Gasteiger partial charge in [-0.3, -0.25) is 0 Å².